The van der Waals surface area contributed by atoms with E-state index in [9.17, 15) is 48.3 Å². The van der Waals surface area contributed by atoms with Crippen molar-refractivity contribution in [2.24, 2.45) is 34.5 Å². The number of ether oxygens (including phenoxy) is 3. The number of carbonyl (C=O) groups excluding carboxylic acids is 8. The Morgan fingerprint density at radius 2 is 1.67 bits per heavy atom. The van der Waals surface area contributed by atoms with Crippen LogP contribution in [0.15, 0.2) is 84.5 Å². The lowest BCUT2D eigenvalue weighted by atomic mass is 9.46. The number of imide groups is 1. The van der Waals surface area contributed by atoms with Crippen molar-refractivity contribution in [3.8, 4) is 0 Å². The van der Waals surface area contributed by atoms with Crippen LogP contribution in [0.5, 0.6) is 0 Å². The first-order chi connectivity index (χ1) is 32.7. The average Bonchev–Trinajstić information content (AvgIpc) is 3.93. The molecule has 0 unspecified atom stereocenters. The van der Waals surface area contributed by atoms with Gasteiger partial charge in [0.05, 0.1) is 31.1 Å². The van der Waals surface area contributed by atoms with E-state index in [-0.39, 0.29) is 36.4 Å². The smallest absolute Gasteiger partial charge is 0.306 e. The van der Waals surface area contributed by atoms with Crippen LogP contribution in [0.25, 0.3) is 0 Å². The molecule has 2 aliphatic heterocycles. The number of carboxylic acid groups (broad SMARTS) is 1. The topological polar surface area (TPSA) is 249 Å². The Labute approximate surface area is 398 Å². The zero-order valence-electron chi connectivity index (χ0n) is 38.9. The maximum absolute atomic E-state index is 14.7. The van der Waals surface area contributed by atoms with Gasteiger partial charge in [-0.25, -0.2) is 0 Å². The summed E-state index contributed by atoms with van der Waals surface area (Å²) >= 11 is 0. The standard InChI is InChI=1S/C52H57N3O14/c1-28(20-38(57)29(2)53-42(60)26-55-43(61)14-15-44(55)62)48(66)54-34-7-5-6-31(22-34)21-30-8-10-32(11-9-30)49-68-41-24-37-36-13-12-33-23-35(56)18-19-50(33,3)47(36)39(58)25-51(37,4)52(41,69-49)40(59)27-67-46(65)17-16-45(63)64/h5-11,14-15,18-19,22-23,28-29,36-37,39,41,47,49,58H,12-13,16-17,20-21,24-27H2,1-4H3,(H,53,60)(H,54,66)(H,63,64)/t28-,29+,36+,37+,39+,41-,47-,49-,50+,51+,52-/m1/s1. The van der Waals surface area contributed by atoms with Crippen LogP contribution in [0.1, 0.15) is 95.6 Å². The third kappa shape index (κ3) is 9.39. The molecule has 4 fully saturated rings. The number of carboxylic acids is 1. The van der Waals surface area contributed by atoms with Gasteiger partial charge < -0.3 is 35.1 Å². The number of allylic oxidation sites excluding steroid dienone is 4. The fourth-order valence-corrected chi connectivity index (χ4v) is 12.0. The Hall–Kier alpha value is -6.43. The highest BCUT2D eigenvalue weighted by atomic mass is 16.7. The van der Waals surface area contributed by atoms with Crippen LogP contribution in [-0.4, -0.2) is 105 Å². The van der Waals surface area contributed by atoms with Gasteiger partial charge in [-0.05, 0) is 86.3 Å². The van der Waals surface area contributed by atoms with Crippen molar-refractivity contribution >= 4 is 58.6 Å². The maximum atomic E-state index is 14.7. The van der Waals surface area contributed by atoms with Crippen molar-refractivity contribution in [2.75, 3.05) is 18.5 Å². The second-order valence-electron chi connectivity index (χ2n) is 19.8. The molecule has 17 nitrogen and oxygen atoms in total. The number of aliphatic hydroxyl groups is 1. The number of esters is 1. The quantitative estimate of drug-likeness (QED) is 0.128. The van der Waals surface area contributed by atoms with Gasteiger partial charge in [-0.2, -0.15) is 0 Å². The number of rotatable bonds is 17. The fraction of sp³-hybridized carbons (Fsp3) is 0.481. The molecule has 4 amide bonds. The average molecular weight is 948 g/mol. The summed E-state index contributed by atoms with van der Waals surface area (Å²) in [4.78, 5) is 114. The lowest BCUT2D eigenvalue weighted by molar-refractivity contribution is -0.202. The Kier molecular flexibility index (Phi) is 13.6. The molecule has 2 heterocycles. The number of Topliss-reactive ketones (excluding diaryl/α,β-unsaturated/α-hetero) is 2. The van der Waals surface area contributed by atoms with Crippen LogP contribution in [0, 0.1) is 34.5 Å². The van der Waals surface area contributed by atoms with Gasteiger partial charge in [0.2, 0.25) is 17.6 Å². The number of benzene rings is 2. The Balaban J connectivity index is 0.921. The number of carbonyl (C=O) groups is 9. The largest absolute Gasteiger partial charge is 0.481 e. The second-order valence-corrected chi connectivity index (χ2v) is 19.8. The number of amides is 4. The van der Waals surface area contributed by atoms with Gasteiger partial charge in [-0.1, -0.05) is 68.8 Å². The number of fused-ring (bicyclic) bond motifs is 7. The first-order valence-electron chi connectivity index (χ1n) is 23.4. The minimum atomic E-state index is -1.62. The van der Waals surface area contributed by atoms with Gasteiger partial charge in [0, 0.05) is 52.5 Å². The number of aliphatic hydroxyl groups excluding tert-OH is 1. The van der Waals surface area contributed by atoms with Gasteiger partial charge in [0.1, 0.15) is 6.54 Å². The SMILES string of the molecule is C[C@H](CC(=O)[C@H](C)NC(=O)CN1C(=O)C=CC1=O)C(=O)Nc1cccc(Cc2ccc([C@@H]3O[C@@H]4C[C@H]5[C@@H]6CCC7=CC(=O)C=C[C@]7(C)[C@H]6[C@@H](O)C[C@]5(C)[C@]4(C(=O)COC(=O)CCC(=O)O)O3)cc2)c1. The lowest BCUT2D eigenvalue weighted by Crippen LogP contribution is -2.63. The number of anilines is 1. The summed E-state index contributed by atoms with van der Waals surface area (Å²) in [5.74, 6) is -6.45. The Morgan fingerprint density at radius 1 is 0.942 bits per heavy atom. The molecule has 17 heteroatoms. The number of hydrogen-bond acceptors (Lipinski definition) is 13. The number of hydrogen-bond donors (Lipinski definition) is 4. The summed E-state index contributed by atoms with van der Waals surface area (Å²) in [7, 11) is 0. The predicted octanol–water partition coefficient (Wildman–Crippen LogP) is 4.26. The molecule has 2 aromatic carbocycles. The van der Waals surface area contributed by atoms with Crippen LogP contribution in [0.3, 0.4) is 0 Å². The van der Waals surface area contributed by atoms with Gasteiger partial charge >= 0.3 is 11.9 Å². The Morgan fingerprint density at radius 3 is 2.38 bits per heavy atom. The van der Waals surface area contributed by atoms with E-state index in [4.69, 9.17) is 19.3 Å². The molecule has 69 heavy (non-hydrogen) atoms. The zero-order valence-corrected chi connectivity index (χ0v) is 38.9. The molecule has 364 valence electrons. The molecule has 3 saturated carbocycles. The summed E-state index contributed by atoms with van der Waals surface area (Å²) in [6.07, 6.45) is 6.13. The molecule has 8 rings (SSSR count). The van der Waals surface area contributed by atoms with Crippen LogP contribution in [-0.2, 0) is 63.8 Å². The Bertz CT molecular complexity index is 2570. The van der Waals surface area contributed by atoms with Gasteiger partial charge in [0.25, 0.3) is 11.8 Å². The minimum absolute atomic E-state index is 0.0418. The summed E-state index contributed by atoms with van der Waals surface area (Å²) in [5, 5.41) is 26.6. The molecular weight excluding hydrogens is 891 g/mol. The maximum Gasteiger partial charge on any atom is 0.306 e. The highest BCUT2D eigenvalue weighted by Crippen LogP contribution is 2.70. The van der Waals surface area contributed by atoms with Gasteiger partial charge in [0.15, 0.2) is 30.1 Å². The molecule has 0 spiro atoms. The van der Waals surface area contributed by atoms with Crippen molar-refractivity contribution in [1.29, 1.82) is 0 Å². The summed E-state index contributed by atoms with van der Waals surface area (Å²) in [6, 6.07) is 13.8. The number of nitrogens with one attached hydrogen (secondary N) is 2. The molecule has 0 radical (unpaired) electrons. The van der Waals surface area contributed by atoms with E-state index in [1.54, 1.807) is 31.2 Å². The molecular formula is C52H57N3O14. The van der Waals surface area contributed by atoms with Gasteiger partial charge in [-0.3, -0.25) is 48.1 Å². The van der Waals surface area contributed by atoms with Crippen molar-refractivity contribution < 1.29 is 67.6 Å². The summed E-state index contributed by atoms with van der Waals surface area (Å²) in [5.41, 5.74) is 0.820. The van der Waals surface area contributed by atoms with Crippen LogP contribution in [0.2, 0.25) is 0 Å². The van der Waals surface area contributed by atoms with E-state index in [1.165, 1.54) is 6.92 Å². The van der Waals surface area contributed by atoms with Gasteiger partial charge in [-0.15, -0.1) is 0 Å². The molecule has 0 bridgehead atoms. The van der Waals surface area contributed by atoms with E-state index in [2.05, 4.69) is 17.6 Å². The van der Waals surface area contributed by atoms with E-state index < -0.39 is 120 Å². The molecule has 6 aliphatic rings. The zero-order chi connectivity index (χ0) is 49.6. The minimum Gasteiger partial charge on any atom is -0.481 e. The molecule has 4 aliphatic carbocycles. The molecule has 11 atom stereocenters. The third-order valence-electron chi connectivity index (χ3n) is 15.4. The first-order valence-corrected chi connectivity index (χ1v) is 23.4. The summed E-state index contributed by atoms with van der Waals surface area (Å²) in [6.45, 7) is 5.90. The van der Waals surface area contributed by atoms with Crippen molar-refractivity contribution in [3.63, 3.8) is 0 Å². The lowest BCUT2D eigenvalue weighted by Gasteiger charge is -2.59. The number of aliphatic carboxylic acids is 1. The normalized spacial score (nSPS) is 30.6. The predicted molar refractivity (Wildman–Crippen MR) is 244 cm³/mol. The van der Waals surface area contributed by atoms with E-state index in [0.717, 1.165) is 33.8 Å². The molecule has 0 aromatic heterocycles. The highest BCUT2D eigenvalue weighted by Gasteiger charge is 2.76. The van der Waals surface area contributed by atoms with Crippen LogP contribution in [0.4, 0.5) is 5.69 Å². The van der Waals surface area contributed by atoms with Crippen LogP contribution < -0.4 is 10.6 Å². The van der Waals surface area contributed by atoms with Crippen molar-refractivity contribution in [3.05, 3.63) is 101 Å². The molecule has 2 aromatic rings. The molecule has 1 saturated heterocycles. The van der Waals surface area contributed by atoms with E-state index in [0.29, 0.717) is 36.9 Å². The summed E-state index contributed by atoms with van der Waals surface area (Å²) < 4.78 is 18.9. The third-order valence-corrected chi connectivity index (χ3v) is 15.4. The fourth-order valence-electron chi connectivity index (χ4n) is 12.0. The number of nitrogens with zero attached hydrogens (tertiary/aromatic N) is 1. The monoisotopic (exact) mass is 947 g/mol. The highest BCUT2D eigenvalue weighted by molar-refractivity contribution is 6.14. The van der Waals surface area contributed by atoms with E-state index >= 15 is 0 Å². The van der Waals surface area contributed by atoms with E-state index in [1.807, 2.05) is 49.4 Å². The van der Waals surface area contributed by atoms with Crippen molar-refractivity contribution in [2.45, 2.75) is 109 Å². The molecule has 4 N–H and O–H groups in total. The van der Waals surface area contributed by atoms with Crippen LogP contribution >= 0.6 is 0 Å². The first kappa shape index (κ1) is 49.0. The number of ketones is 3. The second kappa shape index (κ2) is 19.2. The van der Waals surface area contributed by atoms with Crippen molar-refractivity contribution in [1.82, 2.24) is 10.2 Å².